The summed E-state index contributed by atoms with van der Waals surface area (Å²) >= 11 is 1.67. The summed E-state index contributed by atoms with van der Waals surface area (Å²) in [5, 5.41) is 10.6. The van der Waals surface area contributed by atoms with Gasteiger partial charge in [-0.1, -0.05) is 30.3 Å². The Hall–Kier alpha value is -1.32. The van der Waals surface area contributed by atoms with E-state index < -0.39 is 6.10 Å². The third-order valence-corrected chi connectivity index (χ3v) is 3.95. The minimum Gasteiger partial charge on any atom is -0.389 e. The average molecular weight is 259 g/mol. The van der Waals surface area contributed by atoms with Crippen molar-refractivity contribution in [2.45, 2.75) is 30.7 Å². The SMILES string of the molecule is Cc1ccccc1CSc1ncccc1C(C)O. The molecular formula is C15H17NOS. The minimum atomic E-state index is -0.474. The van der Waals surface area contributed by atoms with Gasteiger partial charge in [-0.25, -0.2) is 4.98 Å². The van der Waals surface area contributed by atoms with Gasteiger partial charge in [0.05, 0.1) is 6.10 Å². The summed E-state index contributed by atoms with van der Waals surface area (Å²) in [6, 6.07) is 12.1. The molecule has 3 heteroatoms. The summed E-state index contributed by atoms with van der Waals surface area (Å²) in [7, 11) is 0. The Morgan fingerprint density at radius 1 is 1.22 bits per heavy atom. The summed E-state index contributed by atoms with van der Waals surface area (Å²) in [5.74, 6) is 0.878. The van der Waals surface area contributed by atoms with Crippen LogP contribution in [0.25, 0.3) is 0 Å². The zero-order valence-electron chi connectivity index (χ0n) is 10.6. The van der Waals surface area contributed by atoms with Crippen molar-refractivity contribution in [1.82, 2.24) is 4.98 Å². The normalized spacial score (nSPS) is 12.4. The van der Waals surface area contributed by atoms with Gasteiger partial charge in [0.1, 0.15) is 5.03 Å². The number of aliphatic hydroxyl groups excluding tert-OH is 1. The van der Waals surface area contributed by atoms with Crippen molar-refractivity contribution in [2.24, 2.45) is 0 Å². The van der Waals surface area contributed by atoms with Crippen molar-refractivity contribution in [3.8, 4) is 0 Å². The molecule has 0 saturated heterocycles. The molecule has 18 heavy (non-hydrogen) atoms. The maximum Gasteiger partial charge on any atom is 0.102 e. The summed E-state index contributed by atoms with van der Waals surface area (Å²) in [5.41, 5.74) is 3.50. The Balaban J connectivity index is 2.14. The Kier molecular flexibility index (Phi) is 4.39. The number of nitrogens with zero attached hydrogens (tertiary/aromatic N) is 1. The van der Waals surface area contributed by atoms with Crippen LogP contribution in [-0.2, 0) is 5.75 Å². The molecule has 1 heterocycles. The molecule has 1 N–H and O–H groups in total. The van der Waals surface area contributed by atoms with Gasteiger partial charge in [-0.05, 0) is 31.0 Å². The zero-order valence-corrected chi connectivity index (χ0v) is 11.4. The third kappa shape index (κ3) is 3.12. The van der Waals surface area contributed by atoms with E-state index in [1.807, 2.05) is 18.2 Å². The molecule has 0 spiro atoms. The highest BCUT2D eigenvalue weighted by Crippen LogP contribution is 2.28. The second-order valence-electron chi connectivity index (χ2n) is 4.29. The number of aryl methyl sites for hydroxylation is 1. The van der Waals surface area contributed by atoms with Gasteiger partial charge in [0.2, 0.25) is 0 Å². The summed E-state index contributed by atoms with van der Waals surface area (Å²) in [6.45, 7) is 3.89. The molecule has 0 radical (unpaired) electrons. The molecule has 0 fully saturated rings. The van der Waals surface area contributed by atoms with E-state index in [-0.39, 0.29) is 0 Å². The first-order valence-electron chi connectivity index (χ1n) is 5.99. The van der Waals surface area contributed by atoms with Crippen molar-refractivity contribution < 1.29 is 5.11 Å². The molecule has 2 rings (SSSR count). The topological polar surface area (TPSA) is 33.1 Å². The lowest BCUT2D eigenvalue weighted by Gasteiger charge is -2.10. The predicted molar refractivity (Wildman–Crippen MR) is 75.6 cm³/mol. The van der Waals surface area contributed by atoms with Gasteiger partial charge >= 0.3 is 0 Å². The van der Waals surface area contributed by atoms with Crippen molar-refractivity contribution in [2.75, 3.05) is 0 Å². The second-order valence-corrected chi connectivity index (χ2v) is 5.25. The van der Waals surface area contributed by atoms with Gasteiger partial charge in [-0.2, -0.15) is 0 Å². The fourth-order valence-corrected chi connectivity index (χ4v) is 2.92. The van der Waals surface area contributed by atoms with Gasteiger partial charge < -0.3 is 5.11 Å². The third-order valence-electron chi connectivity index (χ3n) is 2.88. The summed E-state index contributed by atoms with van der Waals surface area (Å²) in [4.78, 5) is 4.35. The molecule has 0 amide bonds. The van der Waals surface area contributed by atoms with E-state index in [1.165, 1.54) is 11.1 Å². The van der Waals surface area contributed by atoms with Crippen molar-refractivity contribution in [1.29, 1.82) is 0 Å². The van der Waals surface area contributed by atoms with Crippen molar-refractivity contribution in [3.63, 3.8) is 0 Å². The molecule has 0 aliphatic carbocycles. The zero-order chi connectivity index (χ0) is 13.0. The highest BCUT2D eigenvalue weighted by atomic mass is 32.2. The van der Waals surface area contributed by atoms with Crippen LogP contribution in [0.15, 0.2) is 47.6 Å². The molecule has 0 saturated carbocycles. The lowest BCUT2D eigenvalue weighted by molar-refractivity contribution is 0.195. The van der Waals surface area contributed by atoms with Crippen molar-refractivity contribution >= 4 is 11.8 Å². The predicted octanol–water partition coefficient (Wildman–Crippen LogP) is 3.74. The van der Waals surface area contributed by atoms with E-state index >= 15 is 0 Å². The molecule has 2 nitrogen and oxygen atoms in total. The first kappa shape index (κ1) is 13.1. The quantitative estimate of drug-likeness (QED) is 0.849. The average Bonchev–Trinajstić information content (AvgIpc) is 2.38. The largest absolute Gasteiger partial charge is 0.389 e. The maximum absolute atomic E-state index is 9.70. The van der Waals surface area contributed by atoms with Crippen LogP contribution in [0.1, 0.15) is 29.7 Å². The number of hydrogen-bond acceptors (Lipinski definition) is 3. The Bertz CT molecular complexity index is 525. The number of aliphatic hydroxyl groups is 1. The van der Waals surface area contributed by atoms with Crippen LogP contribution in [0, 0.1) is 6.92 Å². The standard InChI is InChI=1S/C15H17NOS/c1-11-6-3-4-7-13(11)10-18-15-14(12(2)17)8-5-9-16-15/h3-9,12,17H,10H2,1-2H3. The smallest absolute Gasteiger partial charge is 0.102 e. The van der Waals surface area contributed by atoms with E-state index in [4.69, 9.17) is 0 Å². The number of hydrogen-bond donors (Lipinski definition) is 1. The van der Waals surface area contributed by atoms with Crippen LogP contribution in [0.2, 0.25) is 0 Å². The number of pyridine rings is 1. The monoisotopic (exact) mass is 259 g/mol. The van der Waals surface area contributed by atoms with Crippen LogP contribution in [0.5, 0.6) is 0 Å². The van der Waals surface area contributed by atoms with Crippen LogP contribution in [0.4, 0.5) is 0 Å². The van der Waals surface area contributed by atoms with E-state index in [0.717, 1.165) is 16.3 Å². The summed E-state index contributed by atoms with van der Waals surface area (Å²) in [6.07, 6.45) is 1.30. The van der Waals surface area contributed by atoms with Crippen LogP contribution in [-0.4, -0.2) is 10.1 Å². The van der Waals surface area contributed by atoms with E-state index in [1.54, 1.807) is 24.9 Å². The van der Waals surface area contributed by atoms with Crippen LogP contribution >= 0.6 is 11.8 Å². The first-order chi connectivity index (χ1) is 8.68. The molecule has 1 atom stereocenters. The minimum absolute atomic E-state index is 0.474. The van der Waals surface area contributed by atoms with Gasteiger partial charge in [0, 0.05) is 17.5 Å². The van der Waals surface area contributed by atoms with Crippen LogP contribution in [0.3, 0.4) is 0 Å². The highest BCUT2D eigenvalue weighted by Gasteiger charge is 2.09. The number of thioether (sulfide) groups is 1. The molecule has 94 valence electrons. The fourth-order valence-electron chi connectivity index (χ4n) is 1.76. The lowest BCUT2D eigenvalue weighted by atomic mass is 10.1. The number of aromatic nitrogens is 1. The first-order valence-corrected chi connectivity index (χ1v) is 6.97. The van der Waals surface area contributed by atoms with E-state index in [0.29, 0.717) is 0 Å². The Morgan fingerprint density at radius 2 is 2.00 bits per heavy atom. The lowest BCUT2D eigenvalue weighted by Crippen LogP contribution is -1.96. The van der Waals surface area contributed by atoms with Gasteiger partial charge in [-0.15, -0.1) is 11.8 Å². The molecule has 1 unspecified atom stereocenters. The van der Waals surface area contributed by atoms with Gasteiger partial charge in [0.25, 0.3) is 0 Å². The van der Waals surface area contributed by atoms with Gasteiger partial charge in [0.15, 0.2) is 0 Å². The molecule has 1 aromatic carbocycles. The molecule has 0 aliphatic heterocycles. The Morgan fingerprint density at radius 3 is 2.72 bits per heavy atom. The number of benzene rings is 1. The Labute approximate surface area is 112 Å². The van der Waals surface area contributed by atoms with E-state index in [2.05, 4.69) is 30.1 Å². The number of rotatable bonds is 4. The van der Waals surface area contributed by atoms with Crippen molar-refractivity contribution in [3.05, 3.63) is 59.3 Å². The molecule has 1 aromatic heterocycles. The highest BCUT2D eigenvalue weighted by molar-refractivity contribution is 7.98. The van der Waals surface area contributed by atoms with Gasteiger partial charge in [-0.3, -0.25) is 0 Å². The molecule has 2 aromatic rings. The molecule has 0 bridgehead atoms. The van der Waals surface area contributed by atoms with Crippen LogP contribution < -0.4 is 0 Å². The second kappa shape index (κ2) is 6.03. The molecular weight excluding hydrogens is 242 g/mol. The van der Waals surface area contributed by atoms with E-state index in [9.17, 15) is 5.11 Å². The maximum atomic E-state index is 9.70. The molecule has 0 aliphatic rings. The fraction of sp³-hybridized carbons (Fsp3) is 0.267. The summed E-state index contributed by atoms with van der Waals surface area (Å²) < 4.78 is 0.